The van der Waals surface area contributed by atoms with Crippen molar-refractivity contribution in [2.75, 3.05) is 37.6 Å². The molecule has 4 rings (SSSR count). The summed E-state index contributed by atoms with van der Waals surface area (Å²) in [5.41, 5.74) is 0.247. The molecule has 0 radical (unpaired) electrons. The van der Waals surface area contributed by atoms with Gasteiger partial charge < -0.3 is 10.2 Å². The highest BCUT2D eigenvalue weighted by Crippen LogP contribution is 2.27. The van der Waals surface area contributed by atoms with Gasteiger partial charge in [-0.05, 0) is 19.8 Å². The van der Waals surface area contributed by atoms with Crippen molar-refractivity contribution in [1.29, 1.82) is 5.26 Å². The molecule has 1 saturated heterocycles. The molecule has 0 atom stereocenters. The Labute approximate surface area is 164 Å². The quantitative estimate of drug-likeness (QED) is 0.838. The van der Waals surface area contributed by atoms with E-state index < -0.39 is 5.54 Å². The highest BCUT2D eigenvalue weighted by atomic mass is 16.2. The van der Waals surface area contributed by atoms with E-state index in [0.29, 0.717) is 12.3 Å². The number of amides is 1. The number of nitriles is 1. The summed E-state index contributed by atoms with van der Waals surface area (Å²) in [6.45, 7) is 5.46. The van der Waals surface area contributed by atoms with Crippen molar-refractivity contribution in [2.45, 2.75) is 44.6 Å². The lowest BCUT2D eigenvalue weighted by molar-refractivity contribution is -0.124. The van der Waals surface area contributed by atoms with Crippen molar-refractivity contribution in [1.82, 2.24) is 29.8 Å². The molecule has 148 valence electrons. The summed E-state index contributed by atoms with van der Waals surface area (Å²) >= 11 is 0. The lowest BCUT2D eigenvalue weighted by Crippen LogP contribution is -2.54. The van der Waals surface area contributed by atoms with Crippen LogP contribution in [0.4, 0.5) is 5.82 Å². The number of piperazine rings is 1. The number of aromatic nitrogens is 4. The van der Waals surface area contributed by atoms with Crippen molar-refractivity contribution in [3.63, 3.8) is 0 Å². The van der Waals surface area contributed by atoms with E-state index in [1.807, 2.05) is 13.0 Å². The SMILES string of the molecule is Cc1cc(N2CCN(CC(=O)NC3(C#N)CCCCC3)CC2)n2ncnc2n1. The Kier molecular flexibility index (Phi) is 5.13. The van der Waals surface area contributed by atoms with Crippen molar-refractivity contribution in [3.8, 4) is 6.07 Å². The molecule has 2 aliphatic rings. The third-order valence-electron chi connectivity index (χ3n) is 5.72. The van der Waals surface area contributed by atoms with Crippen molar-refractivity contribution in [3.05, 3.63) is 18.1 Å². The van der Waals surface area contributed by atoms with Crippen LogP contribution >= 0.6 is 0 Å². The first-order valence-corrected chi connectivity index (χ1v) is 9.95. The van der Waals surface area contributed by atoms with Gasteiger partial charge in [0.05, 0.1) is 12.6 Å². The van der Waals surface area contributed by atoms with E-state index in [0.717, 1.165) is 69.8 Å². The van der Waals surface area contributed by atoms with Crippen LogP contribution in [0.2, 0.25) is 0 Å². The summed E-state index contributed by atoms with van der Waals surface area (Å²) in [5.74, 6) is 1.54. The van der Waals surface area contributed by atoms with Crippen LogP contribution in [0.1, 0.15) is 37.8 Å². The first kappa shape index (κ1) is 18.6. The minimum Gasteiger partial charge on any atom is -0.354 e. The molecule has 1 aliphatic carbocycles. The summed E-state index contributed by atoms with van der Waals surface area (Å²) < 4.78 is 1.76. The van der Waals surface area contributed by atoms with Gasteiger partial charge in [-0.1, -0.05) is 19.3 Å². The number of carbonyl (C=O) groups is 1. The van der Waals surface area contributed by atoms with E-state index in [2.05, 4.69) is 36.3 Å². The van der Waals surface area contributed by atoms with Crippen molar-refractivity contribution < 1.29 is 4.79 Å². The predicted octanol–water partition coefficient (Wildman–Crippen LogP) is 0.897. The number of nitrogens with one attached hydrogen (secondary N) is 1. The zero-order valence-electron chi connectivity index (χ0n) is 16.3. The highest BCUT2D eigenvalue weighted by Gasteiger charge is 2.34. The Morgan fingerprint density at radius 1 is 1.25 bits per heavy atom. The maximum absolute atomic E-state index is 12.5. The average Bonchev–Trinajstić information content (AvgIpc) is 3.17. The number of aryl methyl sites for hydroxylation is 1. The van der Waals surface area contributed by atoms with Crippen LogP contribution in [-0.4, -0.2) is 68.7 Å². The molecule has 1 amide bonds. The Hall–Kier alpha value is -2.73. The number of hydrogen-bond acceptors (Lipinski definition) is 7. The van der Waals surface area contributed by atoms with Crippen LogP contribution in [0.25, 0.3) is 5.78 Å². The van der Waals surface area contributed by atoms with Gasteiger partial charge in [-0.25, -0.2) is 4.98 Å². The molecule has 28 heavy (non-hydrogen) atoms. The number of nitrogens with zero attached hydrogens (tertiary/aromatic N) is 7. The Balaban J connectivity index is 1.35. The average molecular weight is 382 g/mol. The van der Waals surface area contributed by atoms with E-state index in [1.165, 1.54) is 6.33 Å². The first-order valence-electron chi connectivity index (χ1n) is 9.95. The maximum atomic E-state index is 12.5. The molecule has 0 aromatic carbocycles. The molecule has 0 unspecified atom stereocenters. The number of rotatable bonds is 4. The van der Waals surface area contributed by atoms with E-state index >= 15 is 0 Å². The Morgan fingerprint density at radius 2 is 2.00 bits per heavy atom. The molecule has 3 heterocycles. The van der Waals surface area contributed by atoms with Crippen LogP contribution in [0.15, 0.2) is 12.4 Å². The standard InChI is InChI=1S/C19H26N8O/c1-15-11-17(27-18(23-15)21-14-22-27)26-9-7-25(8-10-26)12-16(28)24-19(13-20)5-3-2-4-6-19/h11,14H,2-10,12H2,1H3,(H,24,28). The van der Waals surface area contributed by atoms with Gasteiger partial charge in [-0.3, -0.25) is 9.69 Å². The molecule has 1 saturated carbocycles. The van der Waals surface area contributed by atoms with Crippen LogP contribution in [0.3, 0.4) is 0 Å². The summed E-state index contributed by atoms with van der Waals surface area (Å²) in [5, 5.41) is 16.8. The molecule has 9 nitrogen and oxygen atoms in total. The molecule has 2 fully saturated rings. The minimum absolute atomic E-state index is 0.0460. The number of carbonyl (C=O) groups excluding carboxylic acids is 1. The van der Waals surface area contributed by atoms with Gasteiger partial charge in [0.2, 0.25) is 5.91 Å². The van der Waals surface area contributed by atoms with E-state index in [-0.39, 0.29) is 5.91 Å². The van der Waals surface area contributed by atoms with E-state index in [1.54, 1.807) is 4.52 Å². The lowest BCUT2D eigenvalue weighted by Gasteiger charge is -2.36. The van der Waals surface area contributed by atoms with Crippen LogP contribution in [0, 0.1) is 18.3 Å². The molecule has 9 heteroatoms. The second-order valence-corrected chi connectivity index (χ2v) is 7.79. The number of hydrogen-bond donors (Lipinski definition) is 1. The smallest absolute Gasteiger partial charge is 0.254 e. The predicted molar refractivity (Wildman–Crippen MR) is 104 cm³/mol. The molecule has 0 bridgehead atoms. The topological polar surface area (TPSA) is 102 Å². The van der Waals surface area contributed by atoms with Gasteiger partial charge in [0.25, 0.3) is 5.78 Å². The van der Waals surface area contributed by atoms with Gasteiger partial charge in [-0.15, -0.1) is 0 Å². The van der Waals surface area contributed by atoms with Crippen LogP contribution in [0.5, 0.6) is 0 Å². The molecular formula is C19H26N8O. The number of anilines is 1. The number of fused-ring (bicyclic) bond motifs is 1. The van der Waals surface area contributed by atoms with E-state index in [9.17, 15) is 10.1 Å². The van der Waals surface area contributed by atoms with Gasteiger partial charge in [0, 0.05) is 37.9 Å². The summed E-state index contributed by atoms with van der Waals surface area (Å²) in [7, 11) is 0. The van der Waals surface area contributed by atoms with E-state index in [4.69, 9.17) is 0 Å². The zero-order chi connectivity index (χ0) is 19.6. The lowest BCUT2D eigenvalue weighted by atomic mass is 9.83. The summed E-state index contributed by atoms with van der Waals surface area (Å²) in [6.07, 6.45) is 6.21. The van der Waals surface area contributed by atoms with Gasteiger partial charge in [0.1, 0.15) is 17.7 Å². The summed E-state index contributed by atoms with van der Waals surface area (Å²) in [6, 6.07) is 4.37. The minimum atomic E-state index is -0.662. The Bertz CT molecular complexity index is 887. The monoisotopic (exact) mass is 382 g/mol. The van der Waals surface area contributed by atoms with Crippen LogP contribution in [-0.2, 0) is 4.79 Å². The summed E-state index contributed by atoms with van der Waals surface area (Å²) in [4.78, 5) is 25.5. The van der Waals surface area contributed by atoms with Gasteiger partial charge in [0.15, 0.2) is 0 Å². The van der Waals surface area contributed by atoms with Crippen LogP contribution < -0.4 is 10.2 Å². The molecule has 2 aromatic rings. The highest BCUT2D eigenvalue weighted by molar-refractivity contribution is 5.79. The third-order valence-corrected chi connectivity index (χ3v) is 5.72. The first-order chi connectivity index (χ1) is 13.6. The fourth-order valence-electron chi connectivity index (χ4n) is 4.20. The third kappa shape index (κ3) is 3.78. The second kappa shape index (κ2) is 7.72. The fraction of sp³-hybridized carbons (Fsp3) is 0.632. The molecule has 0 spiro atoms. The molecular weight excluding hydrogens is 356 g/mol. The normalized spacial score (nSPS) is 20.1. The zero-order valence-corrected chi connectivity index (χ0v) is 16.3. The maximum Gasteiger partial charge on any atom is 0.254 e. The molecule has 1 aliphatic heterocycles. The van der Waals surface area contributed by atoms with Gasteiger partial charge in [-0.2, -0.15) is 19.9 Å². The molecule has 2 aromatic heterocycles. The van der Waals surface area contributed by atoms with Crippen molar-refractivity contribution >= 4 is 17.5 Å². The molecule has 1 N–H and O–H groups in total. The largest absolute Gasteiger partial charge is 0.354 e. The second-order valence-electron chi connectivity index (χ2n) is 7.79. The Morgan fingerprint density at radius 3 is 2.71 bits per heavy atom. The van der Waals surface area contributed by atoms with Gasteiger partial charge >= 0.3 is 0 Å². The van der Waals surface area contributed by atoms with Crippen molar-refractivity contribution in [2.24, 2.45) is 0 Å². The fourth-order valence-corrected chi connectivity index (χ4v) is 4.20.